The van der Waals surface area contributed by atoms with Crippen LogP contribution < -0.4 is 11.2 Å². The van der Waals surface area contributed by atoms with E-state index in [1.807, 2.05) is 13.0 Å². The van der Waals surface area contributed by atoms with Crippen molar-refractivity contribution >= 4 is 39.9 Å². The molecule has 0 radical (unpaired) electrons. The number of halogens is 1. The Kier molecular flexibility index (Phi) is 4.97. The summed E-state index contributed by atoms with van der Waals surface area (Å²) in [4.78, 5) is 44.0. The van der Waals surface area contributed by atoms with Crippen LogP contribution in [0, 0.1) is 0 Å². The van der Waals surface area contributed by atoms with Crippen LogP contribution in [0.2, 0.25) is 4.34 Å². The van der Waals surface area contributed by atoms with Crippen molar-refractivity contribution in [1.82, 2.24) is 19.0 Å². The summed E-state index contributed by atoms with van der Waals surface area (Å²) in [6.45, 7) is 2.78. The number of amides is 1. The summed E-state index contributed by atoms with van der Waals surface area (Å²) in [5, 5.41) is 0.291. The van der Waals surface area contributed by atoms with Crippen molar-refractivity contribution in [2.45, 2.75) is 13.5 Å². The molecule has 0 aliphatic carbocycles. The maximum Gasteiger partial charge on any atom is 0.332 e. The number of nitrogens with zero attached hydrogens (tertiary/aromatic N) is 4. The van der Waals surface area contributed by atoms with E-state index in [0.29, 0.717) is 22.8 Å². The van der Waals surface area contributed by atoms with E-state index in [1.165, 1.54) is 42.1 Å². The molecule has 26 heavy (non-hydrogen) atoms. The normalized spacial score (nSPS) is 11.1. The number of aromatic nitrogens is 3. The van der Waals surface area contributed by atoms with Gasteiger partial charge < -0.3 is 4.90 Å². The molecule has 3 aromatic heterocycles. The van der Waals surface area contributed by atoms with Crippen LogP contribution >= 0.6 is 22.9 Å². The Morgan fingerprint density at radius 2 is 1.92 bits per heavy atom. The molecule has 0 spiro atoms. The van der Waals surface area contributed by atoms with Gasteiger partial charge in [-0.05, 0) is 31.2 Å². The van der Waals surface area contributed by atoms with Crippen molar-refractivity contribution in [2.75, 3.05) is 6.54 Å². The van der Waals surface area contributed by atoms with Crippen LogP contribution in [0.5, 0.6) is 0 Å². The molecule has 0 aliphatic rings. The Labute approximate surface area is 158 Å². The maximum absolute atomic E-state index is 12.8. The summed E-state index contributed by atoms with van der Waals surface area (Å²) in [5.41, 5.74) is -0.542. The maximum atomic E-state index is 12.8. The average Bonchev–Trinajstić information content (AvgIpc) is 3.06. The average molecular weight is 393 g/mol. The molecule has 3 rings (SSSR count). The molecule has 0 saturated carbocycles. The summed E-state index contributed by atoms with van der Waals surface area (Å²) in [7, 11) is 2.94. The van der Waals surface area contributed by atoms with Crippen LogP contribution in [0.1, 0.15) is 22.3 Å². The van der Waals surface area contributed by atoms with Gasteiger partial charge in [0.05, 0.1) is 16.3 Å². The Bertz CT molecular complexity index is 1120. The summed E-state index contributed by atoms with van der Waals surface area (Å²) >= 11 is 7.36. The molecule has 3 heterocycles. The topological polar surface area (TPSA) is 77.2 Å². The third kappa shape index (κ3) is 3.17. The fourth-order valence-electron chi connectivity index (χ4n) is 2.69. The fraction of sp³-hybridized carbons (Fsp3) is 0.294. The lowest BCUT2D eigenvalue weighted by Gasteiger charge is -2.20. The molecular formula is C17H17ClN4O3S. The van der Waals surface area contributed by atoms with Gasteiger partial charge in [-0.15, -0.1) is 11.3 Å². The van der Waals surface area contributed by atoms with Gasteiger partial charge in [0.25, 0.3) is 11.5 Å². The van der Waals surface area contributed by atoms with Crippen molar-refractivity contribution in [3.63, 3.8) is 0 Å². The molecule has 0 fully saturated rings. The molecule has 0 N–H and O–H groups in total. The first-order chi connectivity index (χ1) is 12.3. The van der Waals surface area contributed by atoms with Gasteiger partial charge >= 0.3 is 5.69 Å². The predicted molar refractivity (Wildman–Crippen MR) is 102 cm³/mol. The molecule has 0 saturated heterocycles. The van der Waals surface area contributed by atoms with Gasteiger partial charge in [-0.1, -0.05) is 11.6 Å². The van der Waals surface area contributed by atoms with E-state index in [2.05, 4.69) is 4.98 Å². The standard InChI is InChI=1S/C17H17ClN4O3S/c1-4-22(9-10-5-8-13(18)26-10)16(24)12-7-6-11-14(19-12)20(2)17(25)21(3)15(11)23/h5-8H,4,9H2,1-3H3. The fourth-order valence-corrected chi connectivity index (χ4v) is 3.79. The molecule has 7 nitrogen and oxygen atoms in total. The number of carbonyl (C=O) groups is 1. The minimum absolute atomic E-state index is 0.185. The van der Waals surface area contributed by atoms with E-state index in [1.54, 1.807) is 11.0 Å². The molecular weight excluding hydrogens is 376 g/mol. The van der Waals surface area contributed by atoms with Crippen molar-refractivity contribution in [2.24, 2.45) is 14.1 Å². The van der Waals surface area contributed by atoms with E-state index in [4.69, 9.17) is 11.6 Å². The highest BCUT2D eigenvalue weighted by Gasteiger charge is 2.19. The lowest BCUT2D eigenvalue weighted by molar-refractivity contribution is 0.0748. The zero-order chi connectivity index (χ0) is 19.0. The molecule has 0 aliphatic heterocycles. The molecule has 1 amide bonds. The number of fused-ring (bicyclic) bond motifs is 1. The SMILES string of the molecule is CCN(Cc1ccc(Cl)s1)C(=O)c1ccc2c(=O)n(C)c(=O)n(C)c2n1. The first-order valence-corrected chi connectivity index (χ1v) is 9.13. The van der Waals surface area contributed by atoms with Gasteiger partial charge in [-0.25, -0.2) is 9.78 Å². The van der Waals surface area contributed by atoms with Crippen LogP contribution in [-0.4, -0.2) is 31.5 Å². The monoisotopic (exact) mass is 392 g/mol. The minimum atomic E-state index is -0.486. The first-order valence-electron chi connectivity index (χ1n) is 7.93. The van der Waals surface area contributed by atoms with E-state index in [-0.39, 0.29) is 17.2 Å². The van der Waals surface area contributed by atoms with E-state index >= 15 is 0 Å². The lowest BCUT2D eigenvalue weighted by atomic mass is 10.2. The number of carbonyl (C=O) groups excluding carboxylic acids is 1. The van der Waals surface area contributed by atoms with Crippen molar-refractivity contribution in [1.29, 1.82) is 0 Å². The highest BCUT2D eigenvalue weighted by Crippen LogP contribution is 2.23. The molecule has 9 heteroatoms. The van der Waals surface area contributed by atoms with Crippen LogP contribution in [0.3, 0.4) is 0 Å². The number of thiophene rings is 1. The number of rotatable bonds is 4. The number of hydrogen-bond donors (Lipinski definition) is 0. The van der Waals surface area contributed by atoms with Gasteiger partial charge in [0.2, 0.25) is 0 Å². The number of aryl methyl sites for hydroxylation is 1. The van der Waals surface area contributed by atoms with E-state index in [9.17, 15) is 14.4 Å². The second-order valence-electron chi connectivity index (χ2n) is 5.80. The quantitative estimate of drug-likeness (QED) is 0.680. The van der Waals surface area contributed by atoms with E-state index in [0.717, 1.165) is 9.44 Å². The summed E-state index contributed by atoms with van der Waals surface area (Å²) in [5.74, 6) is -0.271. The molecule has 0 bridgehead atoms. The van der Waals surface area contributed by atoms with Crippen molar-refractivity contribution < 1.29 is 4.79 Å². The second kappa shape index (κ2) is 7.05. The summed E-state index contributed by atoms with van der Waals surface area (Å²) in [6, 6.07) is 6.72. The lowest BCUT2D eigenvalue weighted by Crippen LogP contribution is -2.37. The summed E-state index contributed by atoms with van der Waals surface area (Å²) in [6.07, 6.45) is 0. The van der Waals surface area contributed by atoms with Crippen LogP contribution in [-0.2, 0) is 20.6 Å². The van der Waals surface area contributed by atoms with Gasteiger partial charge in [-0.3, -0.25) is 18.7 Å². The summed E-state index contributed by atoms with van der Waals surface area (Å²) < 4.78 is 2.95. The van der Waals surface area contributed by atoms with Crippen LogP contribution in [0.4, 0.5) is 0 Å². The Balaban J connectivity index is 2.02. The smallest absolute Gasteiger partial charge is 0.332 e. The first kappa shape index (κ1) is 18.3. The zero-order valence-electron chi connectivity index (χ0n) is 14.5. The highest BCUT2D eigenvalue weighted by molar-refractivity contribution is 7.16. The molecule has 0 aromatic carbocycles. The third-order valence-corrected chi connectivity index (χ3v) is 5.38. The Morgan fingerprint density at radius 1 is 1.19 bits per heavy atom. The van der Waals surface area contributed by atoms with Gasteiger partial charge in [0.1, 0.15) is 11.3 Å². The zero-order valence-corrected chi connectivity index (χ0v) is 16.1. The van der Waals surface area contributed by atoms with E-state index < -0.39 is 11.2 Å². The molecule has 3 aromatic rings. The second-order valence-corrected chi connectivity index (χ2v) is 7.60. The molecule has 136 valence electrons. The van der Waals surface area contributed by atoms with Crippen molar-refractivity contribution in [3.8, 4) is 0 Å². The van der Waals surface area contributed by atoms with Crippen LogP contribution in [0.25, 0.3) is 11.0 Å². The molecule has 0 unspecified atom stereocenters. The third-order valence-electron chi connectivity index (χ3n) is 4.17. The van der Waals surface area contributed by atoms with Gasteiger partial charge in [0.15, 0.2) is 0 Å². The molecule has 0 atom stereocenters. The van der Waals surface area contributed by atoms with Gasteiger partial charge in [0, 0.05) is 25.5 Å². The number of hydrogen-bond acceptors (Lipinski definition) is 5. The van der Waals surface area contributed by atoms with Crippen LogP contribution in [0.15, 0.2) is 33.9 Å². The van der Waals surface area contributed by atoms with Crippen molar-refractivity contribution in [3.05, 3.63) is 60.0 Å². The highest BCUT2D eigenvalue weighted by atomic mass is 35.5. The largest absolute Gasteiger partial charge is 0.332 e. The van der Waals surface area contributed by atoms with Gasteiger partial charge in [-0.2, -0.15) is 0 Å². The minimum Gasteiger partial charge on any atom is -0.332 e. The number of pyridine rings is 1. The Morgan fingerprint density at radius 3 is 2.54 bits per heavy atom. The Hall–Kier alpha value is -2.45. The predicted octanol–water partition coefficient (Wildman–Crippen LogP) is 2.01.